The zero-order valence-electron chi connectivity index (χ0n) is 13.7. The fourth-order valence-electron chi connectivity index (χ4n) is 3.47. The van der Waals surface area contributed by atoms with E-state index in [1.165, 1.54) is 44.3 Å². The fourth-order valence-corrected chi connectivity index (χ4v) is 3.47. The van der Waals surface area contributed by atoms with Crippen molar-refractivity contribution in [1.82, 2.24) is 14.7 Å². The minimum Gasteiger partial charge on any atom is -0.377 e. The van der Waals surface area contributed by atoms with Crippen LogP contribution in [0.1, 0.15) is 51.1 Å². The van der Waals surface area contributed by atoms with Crippen molar-refractivity contribution in [2.45, 2.75) is 57.6 Å². The van der Waals surface area contributed by atoms with Gasteiger partial charge in [-0.15, -0.1) is 0 Å². The molecular weight excluding hydrogens is 262 g/mol. The third-order valence-corrected chi connectivity index (χ3v) is 4.98. The molecule has 0 bridgehead atoms. The van der Waals surface area contributed by atoms with E-state index in [1.807, 2.05) is 7.11 Å². The molecule has 1 aliphatic carbocycles. The Hall–Kier alpha value is -0.870. The van der Waals surface area contributed by atoms with Gasteiger partial charge in [0, 0.05) is 32.9 Å². The van der Waals surface area contributed by atoms with Crippen molar-refractivity contribution in [3.63, 3.8) is 0 Å². The van der Waals surface area contributed by atoms with E-state index >= 15 is 0 Å². The molecule has 2 heterocycles. The van der Waals surface area contributed by atoms with E-state index in [1.54, 1.807) is 0 Å². The molecule has 2 aliphatic rings. The minimum atomic E-state index is 0.197. The van der Waals surface area contributed by atoms with E-state index in [-0.39, 0.29) is 5.60 Å². The van der Waals surface area contributed by atoms with Gasteiger partial charge >= 0.3 is 0 Å². The minimum absolute atomic E-state index is 0.197. The van der Waals surface area contributed by atoms with Gasteiger partial charge in [0.15, 0.2) is 0 Å². The number of piperidine rings is 1. The molecule has 1 aromatic heterocycles. The normalized spacial score (nSPS) is 22.9. The van der Waals surface area contributed by atoms with Crippen LogP contribution >= 0.6 is 0 Å². The number of ether oxygens (including phenoxy) is 1. The van der Waals surface area contributed by atoms with Crippen LogP contribution in [0, 0.1) is 5.92 Å². The summed E-state index contributed by atoms with van der Waals surface area (Å²) in [5.41, 5.74) is 1.58. The lowest BCUT2D eigenvalue weighted by molar-refractivity contribution is 0.0326. The van der Waals surface area contributed by atoms with Crippen LogP contribution in [0.15, 0.2) is 12.4 Å². The Balaban J connectivity index is 1.50. The van der Waals surface area contributed by atoms with Gasteiger partial charge in [-0.2, -0.15) is 5.10 Å². The lowest BCUT2D eigenvalue weighted by Crippen LogP contribution is -2.41. The standard InChI is InChI=1S/C17H29N3O/c1-14(2)10-15-11-18-20(12-15)16-4-8-19(9-5-16)13-17(21-3)6-7-17/h11-12,14,16H,4-10,13H2,1-3H3. The monoisotopic (exact) mass is 291 g/mol. The second-order valence-corrected chi connectivity index (χ2v) is 7.32. The summed E-state index contributed by atoms with van der Waals surface area (Å²) in [4.78, 5) is 2.57. The molecule has 4 nitrogen and oxygen atoms in total. The average molecular weight is 291 g/mol. The van der Waals surface area contributed by atoms with Crippen molar-refractivity contribution >= 4 is 0 Å². The van der Waals surface area contributed by atoms with Crippen molar-refractivity contribution in [3.8, 4) is 0 Å². The number of nitrogens with zero attached hydrogens (tertiary/aromatic N) is 3. The van der Waals surface area contributed by atoms with Gasteiger partial charge in [-0.05, 0) is 43.6 Å². The number of aromatic nitrogens is 2. The van der Waals surface area contributed by atoms with Crippen LogP contribution in [0.25, 0.3) is 0 Å². The summed E-state index contributed by atoms with van der Waals surface area (Å²) in [5.74, 6) is 0.702. The van der Waals surface area contributed by atoms with Gasteiger partial charge in [-0.1, -0.05) is 13.8 Å². The molecule has 118 valence electrons. The quantitative estimate of drug-likeness (QED) is 0.807. The Morgan fingerprint density at radius 2 is 2.05 bits per heavy atom. The second-order valence-electron chi connectivity index (χ2n) is 7.32. The third kappa shape index (κ3) is 3.67. The van der Waals surface area contributed by atoms with Crippen molar-refractivity contribution < 1.29 is 4.74 Å². The second kappa shape index (κ2) is 6.09. The zero-order valence-corrected chi connectivity index (χ0v) is 13.7. The van der Waals surface area contributed by atoms with Gasteiger partial charge in [0.1, 0.15) is 0 Å². The Bertz CT molecular complexity index is 456. The number of rotatable bonds is 6. The van der Waals surface area contributed by atoms with E-state index in [2.05, 4.69) is 40.9 Å². The number of likely N-dealkylation sites (tertiary alicyclic amines) is 1. The summed E-state index contributed by atoms with van der Waals surface area (Å²) in [6.07, 6.45) is 10.3. The highest BCUT2D eigenvalue weighted by atomic mass is 16.5. The zero-order chi connectivity index (χ0) is 14.9. The summed E-state index contributed by atoms with van der Waals surface area (Å²) >= 11 is 0. The van der Waals surface area contributed by atoms with Crippen LogP contribution < -0.4 is 0 Å². The van der Waals surface area contributed by atoms with Gasteiger partial charge in [0.2, 0.25) is 0 Å². The molecule has 1 aromatic rings. The van der Waals surface area contributed by atoms with Gasteiger partial charge < -0.3 is 9.64 Å². The van der Waals surface area contributed by atoms with Crippen LogP contribution in [-0.4, -0.2) is 47.0 Å². The maximum Gasteiger partial charge on any atom is 0.0807 e. The van der Waals surface area contributed by atoms with Crippen molar-refractivity contribution in [1.29, 1.82) is 0 Å². The third-order valence-electron chi connectivity index (χ3n) is 4.98. The van der Waals surface area contributed by atoms with E-state index < -0.39 is 0 Å². The van der Waals surface area contributed by atoms with Crippen LogP contribution in [0.3, 0.4) is 0 Å². The van der Waals surface area contributed by atoms with Crippen LogP contribution in [0.5, 0.6) is 0 Å². The highest BCUT2D eigenvalue weighted by molar-refractivity contribution is 5.05. The first-order valence-electron chi connectivity index (χ1n) is 8.41. The smallest absolute Gasteiger partial charge is 0.0807 e. The van der Waals surface area contributed by atoms with Gasteiger partial charge in [-0.3, -0.25) is 4.68 Å². The molecule has 0 spiro atoms. The molecule has 2 fully saturated rings. The molecule has 0 atom stereocenters. The molecule has 0 amide bonds. The lowest BCUT2D eigenvalue weighted by atomic mass is 10.0. The highest BCUT2D eigenvalue weighted by Crippen LogP contribution is 2.40. The van der Waals surface area contributed by atoms with Crippen molar-refractivity contribution in [2.24, 2.45) is 5.92 Å². The van der Waals surface area contributed by atoms with Gasteiger partial charge in [-0.25, -0.2) is 0 Å². The number of methoxy groups -OCH3 is 1. The summed E-state index contributed by atoms with van der Waals surface area (Å²) in [5, 5.41) is 4.59. The summed E-state index contributed by atoms with van der Waals surface area (Å²) in [7, 11) is 1.86. The maximum absolute atomic E-state index is 5.64. The molecule has 1 saturated heterocycles. The Labute approximate surface area is 128 Å². The molecule has 1 aliphatic heterocycles. The van der Waals surface area contributed by atoms with Crippen LogP contribution in [0.2, 0.25) is 0 Å². The average Bonchev–Trinajstić information content (AvgIpc) is 3.09. The van der Waals surface area contributed by atoms with Gasteiger partial charge in [0.05, 0.1) is 17.8 Å². The lowest BCUT2D eigenvalue weighted by Gasteiger charge is -2.34. The summed E-state index contributed by atoms with van der Waals surface area (Å²) in [6, 6.07) is 0.583. The Morgan fingerprint density at radius 3 is 2.62 bits per heavy atom. The SMILES string of the molecule is COC1(CN2CCC(n3cc(CC(C)C)cn3)CC2)CC1. The summed E-state index contributed by atoms with van der Waals surface area (Å²) < 4.78 is 7.85. The van der Waals surface area contributed by atoms with E-state index in [0.717, 1.165) is 13.0 Å². The Kier molecular flexibility index (Phi) is 4.36. The number of hydrogen-bond acceptors (Lipinski definition) is 3. The molecular formula is C17H29N3O. The predicted octanol–water partition coefficient (Wildman–Crippen LogP) is 2.90. The van der Waals surface area contributed by atoms with Crippen molar-refractivity contribution in [3.05, 3.63) is 18.0 Å². The first-order chi connectivity index (χ1) is 10.1. The molecule has 4 heteroatoms. The van der Waals surface area contributed by atoms with Crippen molar-refractivity contribution in [2.75, 3.05) is 26.7 Å². The molecule has 0 aromatic carbocycles. The first kappa shape index (κ1) is 15.0. The Morgan fingerprint density at radius 1 is 1.33 bits per heavy atom. The van der Waals surface area contributed by atoms with Crippen LogP contribution in [0.4, 0.5) is 0 Å². The molecule has 0 N–H and O–H groups in total. The molecule has 0 unspecified atom stereocenters. The molecule has 3 rings (SSSR count). The molecule has 21 heavy (non-hydrogen) atoms. The summed E-state index contributed by atoms with van der Waals surface area (Å²) in [6.45, 7) is 8.00. The predicted molar refractivity (Wildman–Crippen MR) is 84.5 cm³/mol. The van der Waals surface area contributed by atoms with Crippen LogP contribution in [-0.2, 0) is 11.2 Å². The van der Waals surface area contributed by atoms with E-state index in [4.69, 9.17) is 4.74 Å². The maximum atomic E-state index is 5.64. The van der Waals surface area contributed by atoms with Gasteiger partial charge in [0.25, 0.3) is 0 Å². The molecule has 0 radical (unpaired) electrons. The highest BCUT2D eigenvalue weighted by Gasteiger charge is 2.44. The fraction of sp³-hybridized carbons (Fsp3) is 0.824. The molecule has 1 saturated carbocycles. The first-order valence-corrected chi connectivity index (χ1v) is 8.41. The number of hydrogen-bond donors (Lipinski definition) is 0. The largest absolute Gasteiger partial charge is 0.377 e. The van der Waals surface area contributed by atoms with E-state index in [9.17, 15) is 0 Å². The van der Waals surface area contributed by atoms with E-state index in [0.29, 0.717) is 12.0 Å². The topological polar surface area (TPSA) is 30.3 Å².